The van der Waals surface area contributed by atoms with Gasteiger partial charge in [-0.15, -0.1) is 0 Å². The predicted octanol–water partition coefficient (Wildman–Crippen LogP) is 5.67. The fraction of sp³-hybridized carbons (Fsp3) is 0.375. The van der Waals surface area contributed by atoms with E-state index in [0.717, 1.165) is 28.7 Å². The van der Waals surface area contributed by atoms with E-state index >= 15 is 0 Å². The van der Waals surface area contributed by atoms with Crippen molar-refractivity contribution in [1.29, 1.82) is 0 Å². The quantitative estimate of drug-likeness (QED) is 0.259. The number of sulfonamides is 1. The number of amides is 2. The summed E-state index contributed by atoms with van der Waals surface area (Å²) in [6.07, 6.45) is 2.62. The number of benzene rings is 3. The average molecular weight is 598 g/mol. The first-order chi connectivity index (χ1) is 19.5. The van der Waals surface area contributed by atoms with Crippen LogP contribution in [0.5, 0.6) is 0 Å². The lowest BCUT2D eigenvalue weighted by Crippen LogP contribution is -2.50. The van der Waals surface area contributed by atoms with Crippen molar-refractivity contribution in [3.05, 3.63) is 100 Å². The molecular weight excluding hydrogens is 558 g/mol. The normalized spacial score (nSPS) is 12.0. The van der Waals surface area contributed by atoms with Crippen LogP contribution in [-0.4, -0.2) is 50.5 Å². The van der Waals surface area contributed by atoms with Crippen LogP contribution in [0.25, 0.3) is 0 Å². The van der Waals surface area contributed by atoms with Crippen LogP contribution < -0.4 is 9.62 Å². The summed E-state index contributed by atoms with van der Waals surface area (Å²) in [4.78, 5) is 28.9. The molecule has 0 aliphatic carbocycles. The molecule has 0 aliphatic rings. The van der Waals surface area contributed by atoms with E-state index in [9.17, 15) is 18.0 Å². The Morgan fingerprint density at radius 1 is 0.951 bits per heavy atom. The standard InChI is InChI=1S/C32H40ClN3O4S/c1-5-17-34-32(38)30(22-26-12-7-6-8-13-26)35(23-27-14-9-10-15-29(27)33)31(37)16-11-18-36(41(4,39)40)28-20-24(2)19-25(3)21-28/h6-10,12-15,19-21,30H,5,11,16-18,22-23H2,1-4H3,(H,34,38)/t30-/m1/s1. The minimum Gasteiger partial charge on any atom is -0.354 e. The number of carbonyl (C=O) groups is 2. The molecule has 0 spiro atoms. The van der Waals surface area contributed by atoms with Crippen molar-refractivity contribution in [1.82, 2.24) is 10.2 Å². The number of carbonyl (C=O) groups excluding carboxylic acids is 2. The number of nitrogens with one attached hydrogen (secondary N) is 1. The summed E-state index contributed by atoms with van der Waals surface area (Å²) in [5, 5.41) is 3.47. The van der Waals surface area contributed by atoms with E-state index in [4.69, 9.17) is 11.6 Å². The van der Waals surface area contributed by atoms with E-state index < -0.39 is 16.1 Å². The lowest BCUT2D eigenvalue weighted by atomic mass is 10.0. The monoisotopic (exact) mass is 597 g/mol. The van der Waals surface area contributed by atoms with Gasteiger partial charge < -0.3 is 10.2 Å². The van der Waals surface area contributed by atoms with Gasteiger partial charge in [-0.3, -0.25) is 13.9 Å². The van der Waals surface area contributed by atoms with Gasteiger partial charge in [0.05, 0.1) is 11.9 Å². The molecule has 41 heavy (non-hydrogen) atoms. The van der Waals surface area contributed by atoms with Gasteiger partial charge in [-0.2, -0.15) is 0 Å². The Morgan fingerprint density at radius 2 is 1.59 bits per heavy atom. The van der Waals surface area contributed by atoms with Gasteiger partial charge in [-0.05, 0) is 67.1 Å². The van der Waals surface area contributed by atoms with E-state index in [1.54, 1.807) is 11.0 Å². The summed E-state index contributed by atoms with van der Waals surface area (Å²) in [6, 6.07) is 21.7. The Labute approximate surface area is 249 Å². The summed E-state index contributed by atoms with van der Waals surface area (Å²) in [6.45, 7) is 6.61. The second kappa shape index (κ2) is 15.0. The first kappa shape index (κ1) is 32.2. The number of halogens is 1. The molecule has 9 heteroatoms. The highest BCUT2D eigenvalue weighted by Gasteiger charge is 2.30. The zero-order chi connectivity index (χ0) is 30.0. The second-order valence-corrected chi connectivity index (χ2v) is 12.7. The van der Waals surface area contributed by atoms with Crippen LogP contribution in [0.3, 0.4) is 0 Å². The summed E-state index contributed by atoms with van der Waals surface area (Å²) in [5.41, 5.74) is 4.15. The zero-order valence-corrected chi connectivity index (χ0v) is 25.8. The number of aryl methyl sites for hydroxylation is 2. The maximum absolute atomic E-state index is 13.9. The molecule has 3 aromatic rings. The molecule has 0 saturated carbocycles. The molecule has 3 aromatic carbocycles. The van der Waals surface area contributed by atoms with Gasteiger partial charge in [0.1, 0.15) is 6.04 Å². The van der Waals surface area contributed by atoms with Gasteiger partial charge >= 0.3 is 0 Å². The van der Waals surface area contributed by atoms with Gasteiger partial charge in [-0.1, -0.05) is 73.1 Å². The van der Waals surface area contributed by atoms with Gasteiger partial charge in [0, 0.05) is 37.5 Å². The maximum Gasteiger partial charge on any atom is 0.243 e. The minimum atomic E-state index is -3.58. The van der Waals surface area contributed by atoms with E-state index in [1.807, 2.05) is 87.5 Å². The first-order valence-electron chi connectivity index (χ1n) is 13.9. The number of hydrogen-bond donors (Lipinski definition) is 1. The van der Waals surface area contributed by atoms with Gasteiger partial charge in [-0.25, -0.2) is 8.42 Å². The van der Waals surface area contributed by atoms with Gasteiger partial charge in [0.25, 0.3) is 0 Å². The van der Waals surface area contributed by atoms with Gasteiger partial charge in [0.2, 0.25) is 21.8 Å². The first-order valence-corrected chi connectivity index (χ1v) is 16.1. The maximum atomic E-state index is 13.9. The number of hydrogen-bond acceptors (Lipinski definition) is 4. The predicted molar refractivity (Wildman–Crippen MR) is 167 cm³/mol. The number of rotatable bonds is 14. The highest BCUT2D eigenvalue weighted by molar-refractivity contribution is 7.92. The van der Waals surface area contributed by atoms with Crippen LogP contribution in [0.1, 0.15) is 48.4 Å². The molecule has 1 atom stereocenters. The van der Waals surface area contributed by atoms with Crippen LogP contribution in [0.15, 0.2) is 72.8 Å². The molecule has 0 aromatic heterocycles. The van der Waals surface area contributed by atoms with Crippen LogP contribution in [0.2, 0.25) is 5.02 Å². The van der Waals surface area contributed by atoms with E-state index in [-0.39, 0.29) is 37.7 Å². The summed E-state index contributed by atoms with van der Waals surface area (Å²) >= 11 is 6.48. The smallest absolute Gasteiger partial charge is 0.243 e. The lowest BCUT2D eigenvalue weighted by molar-refractivity contribution is -0.141. The van der Waals surface area contributed by atoms with E-state index in [0.29, 0.717) is 23.7 Å². The molecule has 3 rings (SSSR count). The second-order valence-electron chi connectivity index (χ2n) is 10.4. The van der Waals surface area contributed by atoms with Crippen molar-refractivity contribution in [3.63, 3.8) is 0 Å². The molecule has 7 nitrogen and oxygen atoms in total. The lowest BCUT2D eigenvalue weighted by Gasteiger charge is -2.32. The molecule has 0 fully saturated rings. The summed E-state index contributed by atoms with van der Waals surface area (Å²) in [7, 11) is -3.58. The summed E-state index contributed by atoms with van der Waals surface area (Å²) in [5.74, 6) is -0.476. The fourth-order valence-electron chi connectivity index (χ4n) is 4.83. The Bertz CT molecular complexity index is 1410. The molecule has 0 bridgehead atoms. The van der Waals surface area contributed by atoms with Crippen molar-refractivity contribution in [2.24, 2.45) is 0 Å². The molecule has 0 heterocycles. The van der Waals surface area contributed by atoms with E-state index in [1.165, 1.54) is 10.6 Å². The third-order valence-electron chi connectivity index (χ3n) is 6.77. The minimum absolute atomic E-state index is 0.0631. The van der Waals surface area contributed by atoms with Crippen molar-refractivity contribution in [3.8, 4) is 0 Å². The highest BCUT2D eigenvalue weighted by atomic mass is 35.5. The van der Waals surface area contributed by atoms with Crippen LogP contribution in [0, 0.1) is 13.8 Å². The fourth-order valence-corrected chi connectivity index (χ4v) is 5.97. The van der Waals surface area contributed by atoms with Crippen LogP contribution >= 0.6 is 11.6 Å². The van der Waals surface area contributed by atoms with Crippen molar-refractivity contribution in [2.45, 2.75) is 59.0 Å². The Kier molecular flexibility index (Phi) is 11.8. The van der Waals surface area contributed by atoms with Crippen LogP contribution in [0.4, 0.5) is 5.69 Å². The highest BCUT2D eigenvalue weighted by Crippen LogP contribution is 2.24. The molecule has 2 amide bonds. The molecule has 0 radical (unpaired) electrons. The third kappa shape index (κ3) is 9.61. The summed E-state index contributed by atoms with van der Waals surface area (Å²) < 4.78 is 26.8. The largest absolute Gasteiger partial charge is 0.354 e. The molecule has 220 valence electrons. The van der Waals surface area contributed by atoms with Crippen molar-refractivity contribution >= 4 is 39.1 Å². The number of anilines is 1. The average Bonchev–Trinajstić information content (AvgIpc) is 2.91. The van der Waals surface area contributed by atoms with Crippen molar-refractivity contribution < 1.29 is 18.0 Å². The Hall–Kier alpha value is -3.36. The van der Waals surface area contributed by atoms with Crippen LogP contribution in [-0.2, 0) is 32.6 Å². The molecular formula is C32H40ClN3O4S. The topological polar surface area (TPSA) is 86.8 Å². The van der Waals surface area contributed by atoms with Crippen molar-refractivity contribution in [2.75, 3.05) is 23.7 Å². The SMILES string of the molecule is CCCNC(=O)[C@@H](Cc1ccccc1)N(Cc1ccccc1Cl)C(=O)CCCN(c1cc(C)cc(C)c1)S(C)(=O)=O. The van der Waals surface area contributed by atoms with E-state index in [2.05, 4.69) is 5.32 Å². The Balaban J connectivity index is 1.89. The molecule has 0 unspecified atom stereocenters. The molecule has 0 aliphatic heterocycles. The Morgan fingerprint density at radius 3 is 2.20 bits per heavy atom. The molecule has 0 saturated heterocycles. The zero-order valence-electron chi connectivity index (χ0n) is 24.3. The molecule has 1 N–H and O–H groups in total. The third-order valence-corrected chi connectivity index (χ3v) is 8.33. The van der Waals surface area contributed by atoms with Gasteiger partial charge in [0.15, 0.2) is 0 Å². The number of nitrogens with zero attached hydrogens (tertiary/aromatic N) is 2.